The quantitative estimate of drug-likeness (QED) is 0.947. The molecule has 20 heavy (non-hydrogen) atoms. The maximum Gasteiger partial charge on any atom is 0.323 e. The summed E-state index contributed by atoms with van der Waals surface area (Å²) in [4.78, 5) is 13.2. The number of rotatable bonds is 3. The number of benzene rings is 1. The molecule has 0 aliphatic heterocycles. The van der Waals surface area contributed by atoms with E-state index in [9.17, 15) is 13.6 Å². The molecule has 1 atom stereocenters. The first kappa shape index (κ1) is 14.3. The molecule has 0 bridgehead atoms. The van der Waals surface area contributed by atoms with Crippen molar-refractivity contribution >= 4 is 22.5 Å². The van der Waals surface area contributed by atoms with Crippen molar-refractivity contribution in [2.24, 2.45) is 0 Å². The minimum Gasteiger partial charge on any atom is -0.321 e. The van der Waals surface area contributed by atoms with Gasteiger partial charge in [-0.3, -0.25) is 5.32 Å². The van der Waals surface area contributed by atoms with E-state index in [0.29, 0.717) is 5.13 Å². The van der Waals surface area contributed by atoms with Crippen molar-refractivity contribution in [1.29, 1.82) is 0 Å². The SMILES string of the molecule is C[C@H](c1cc(F)ccc1F)N(C)C(=O)Nc1nncs1. The van der Waals surface area contributed by atoms with Crippen molar-refractivity contribution in [1.82, 2.24) is 15.1 Å². The Hall–Kier alpha value is -2.09. The summed E-state index contributed by atoms with van der Waals surface area (Å²) in [5.74, 6) is -1.11. The Labute approximate surface area is 118 Å². The topological polar surface area (TPSA) is 58.1 Å². The van der Waals surface area contributed by atoms with E-state index >= 15 is 0 Å². The highest BCUT2D eigenvalue weighted by Gasteiger charge is 2.21. The van der Waals surface area contributed by atoms with Gasteiger partial charge in [0, 0.05) is 12.6 Å². The molecule has 1 N–H and O–H groups in total. The van der Waals surface area contributed by atoms with E-state index < -0.39 is 23.7 Å². The highest BCUT2D eigenvalue weighted by Crippen LogP contribution is 2.23. The Balaban J connectivity index is 2.13. The van der Waals surface area contributed by atoms with Gasteiger partial charge in [-0.05, 0) is 25.1 Å². The van der Waals surface area contributed by atoms with Crippen LogP contribution in [-0.2, 0) is 0 Å². The van der Waals surface area contributed by atoms with E-state index in [1.165, 1.54) is 28.8 Å². The van der Waals surface area contributed by atoms with Crippen LogP contribution in [0.2, 0.25) is 0 Å². The molecule has 0 aliphatic rings. The van der Waals surface area contributed by atoms with Gasteiger partial charge in [-0.25, -0.2) is 13.6 Å². The zero-order chi connectivity index (χ0) is 14.7. The van der Waals surface area contributed by atoms with Gasteiger partial charge in [0.05, 0.1) is 6.04 Å². The number of halogens is 2. The molecule has 8 heteroatoms. The fraction of sp³-hybridized carbons (Fsp3) is 0.250. The van der Waals surface area contributed by atoms with E-state index in [1.54, 1.807) is 6.92 Å². The molecule has 1 aromatic heterocycles. The number of nitrogens with zero attached hydrogens (tertiary/aromatic N) is 3. The van der Waals surface area contributed by atoms with Crippen molar-refractivity contribution in [2.75, 3.05) is 12.4 Å². The van der Waals surface area contributed by atoms with Crippen molar-refractivity contribution in [3.63, 3.8) is 0 Å². The number of hydrogen-bond donors (Lipinski definition) is 1. The number of carbonyl (C=O) groups is 1. The van der Waals surface area contributed by atoms with Gasteiger partial charge in [-0.15, -0.1) is 10.2 Å². The first-order valence-electron chi connectivity index (χ1n) is 5.74. The summed E-state index contributed by atoms with van der Waals surface area (Å²) in [5.41, 5.74) is 1.59. The summed E-state index contributed by atoms with van der Waals surface area (Å²) < 4.78 is 26.9. The minimum atomic E-state index is -0.626. The molecule has 5 nitrogen and oxygen atoms in total. The van der Waals surface area contributed by atoms with Gasteiger partial charge < -0.3 is 4.90 Å². The number of anilines is 1. The smallest absolute Gasteiger partial charge is 0.321 e. The molecular formula is C12H12F2N4OS. The van der Waals surface area contributed by atoms with Crippen molar-refractivity contribution in [3.8, 4) is 0 Å². The Morgan fingerprint density at radius 2 is 2.20 bits per heavy atom. The summed E-state index contributed by atoms with van der Waals surface area (Å²) in [6.07, 6.45) is 0. The molecule has 0 saturated carbocycles. The monoisotopic (exact) mass is 298 g/mol. The van der Waals surface area contributed by atoms with E-state index in [-0.39, 0.29) is 5.56 Å². The molecule has 0 radical (unpaired) electrons. The summed E-state index contributed by atoms with van der Waals surface area (Å²) in [5, 5.41) is 10.1. The van der Waals surface area contributed by atoms with Crippen molar-refractivity contribution < 1.29 is 13.6 Å². The molecule has 106 valence electrons. The molecule has 0 spiro atoms. The number of nitrogens with one attached hydrogen (secondary N) is 1. The Kier molecular flexibility index (Phi) is 4.23. The van der Waals surface area contributed by atoms with Crippen LogP contribution in [0.4, 0.5) is 18.7 Å². The summed E-state index contributed by atoms with van der Waals surface area (Å²) >= 11 is 1.17. The zero-order valence-corrected chi connectivity index (χ0v) is 11.6. The first-order valence-corrected chi connectivity index (χ1v) is 6.62. The summed E-state index contributed by atoms with van der Waals surface area (Å²) in [6.45, 7) is 1.61. The van der Waals surface area contributed by atoms with Gasteiger partial charge in [0.1, 0.15) is 17.1 Å². The third-order valence-electron chi connectivity index (χ3n) is 2.88. The van der Waals surface area contributed by atoms with Gasteiger partial charge in [0.15, 0.2) is 0 Å². The van der Waals surface area contributed by atoms with Crippen LogP contribution in [0, 0.1) is 11.6 Å². The Morgan fingerprint density at radius 1 is 1.45 bits per heavy atom. The lowest BCUT2D eigenvalue weighted by atomic mass is 10.1. The fourth-order valence-electron chi connectivity index (χ4n) is 1.63. The largest absolute Gasteiger partial charge is 0.323 e. The molecule has 2 rings (SSSR count). The first-order chi connectivity index (χ1) is 9.49. The average Bonchev–Trinajstić information content (AvgIpc) is 2.92. The second-order valence-electron chi connectivity index (χ2n) is 4.13. The van der Waals surface area contributed by atoms with E-state index in [1.807, 2.05) is 0 Å². The van der Waals surface area contributed by atoms with E-state index in [2.05, 4.69) is 15.5 Å². The maximum absolute atomic E-state index is 13.7. The Bertz CT molecular complexity index is 606. The second kappa shape index (κ2) is 5.91. The zero-order valence-electron chi connectivity index (χ0n) is 10.8. The van der Waals surface area contributed by atoms with Gasteiger partial charge in [-0.2, -0.15) is 0 Å². The minimum absolute atomic E-state index is 0.111. The van der Waals surface area contributed by atoms with Crippen LogP contribution in [0.1, 0.15) is 18.5 Å². The predicted molar refractivity (Wildman–Crippen MR) is 71.5 cm³/mol. The average molecular weight is 298 g/mol. The fourth-order valence-corrected chi connectivity index (χ4v) is 2.06. The van der Waals surface area contributed by atoms with Crippen LogP contribution in [0.5, 0.6) is 0 Å². The Morgan fingerprint density at radius 3 is 2.85 bits per heavy atom. The number of hydrogen-bond acceptors (Lipinski definition) is 4. The van der Waals surface area contributed by atoms with Crippen LogP contribution in [0.25, 0.3) is 0 Å². The van der Waals surface area contributed by atoms with E-state index in [0.717, 1.165) is 18.2 Å². The van der Waals surface area contributed by atoms with Gasteiger partial charge >= 0.3 is 6.03 Å². The van der Waals surface area contributed by atoms with Crippen LogP contribution in [0.15, 0.2) is 23.7 Å². The van der Waals surface area contributed by atoms with Crippen molar-refractivity contribution in [3.05, 3.63) is 40.9 Å². The number of aromatic nitrogens is 2. The molecule has 0 saturated heterocycles. The third kappa shape index (κ3) is 3.08. The predicted octanol–water partition coefficient (Wildman–Crippen LogP) is 3.04. The normalized spacial score (nSPS) is 12.0. The lowest BCUT2D eigenvalue weighted by Crippen LogP contribution is -2.34. The molecule has 0 aliphatic carbocycles. The molecular weight excluding hydrogens is 286 g/mol. The number of urea groups is 1. The van der Waals surface area contributed by atoms with Crippen molar-refractivity contribution in [2.45, 2.75) is 13.0 Å². The number of amides is 2. The van der Waals surface area contributed by atoms with Gasteiger partial charge in [0.2, 0.25) is 5.13 Å². The number of carbonyl (C=O) groups excluding carboxylic acids is 1. The van der Waals surface area contributed by atoms with Crippen LogP contribution in [-0.4, -0.2) is 28.2 Å². The van der Waals surface area contributed by atoms with Crippen LogP contribution < -0.4 is 5.32 Å². The molecule has 0 unspecified atom stereocenters. The summed E-state index contributed by atoms with van der Waals surface area (Å²) in [6, 6.07) is 2.05. The lowest BCUT2D eigenvalue weighted by Gasteiger charge is -2.25. The maximum atomic E-state index is 13.7. The highest BCUT2D eigenvalue weighted by atomic mass is 32.1. The molecule has 2 aromatic rings. The molecule has 1 aromatic carbocycles. The lowest BCUT2D eigenvalue weighted by molar-refractivity contribution is 0.207. The third-order valence-corrected chi connectivity index (χ3v) is 3.49. The molecule has 2 amide bonds. The van der Waals surface area contributed by atoms with E-state index in [4.69, 9.17) is 0 Å². The summed E-state index contributed by atoms with van der Waals surface area (Å²) in [7, 11) is 1.49. The van der Waals surface area contributed by atoms with Gasteiger partial charge in [-0.1, -0.05) is 11.3 Å². The molecule has 0 fully saturated rings. The highest BCUT2D eigenvalue weighted by molar-refractivity contribution is 7.13. The standard InChI is InChI=1S/C12H12F2N4OS/c1-7(9-5-8(13)3-4-10(9)14)18(2)12(19)16-11-17-15-6-20-11/h3-7H,1-2H3,(H,16,17,19)/t7-/m1/s1. The molecule has 1 heterocycles. The van der Waals surface area contributed by atoms with Crippen LogP contribution in [0.3, 0.4) is 0 Å². The second-order valence-corrected chi connectivity index (χ2v) is 4.96. The van der Waals surface area contributed by atoms with Gasteiger partial charge in [0.25, 0.3) is 0 Å². The van der Waals surface area contributed by atoms with Crippen LogP contribution >= 0.6 is 11.3 Å².